The van der Waals surface area contributed by atoms with Crippen LogP contribution >= 0.6 is 0 Å². The Morgan fingerprint density at radius 3 is 1.64 bits per heavy atom. The van der Waals surface area contributed by atoms with Gasteiger partial charge in [0.25, 0.3) is 0 Å². The number of hydrogen-bond acceptors (Lipinski definition) is 3. The van der Waals surface area contributed by atoms with Gasteiger partial charge in [-0.2, -0.15) is 0 Å². The Kier molecular flexibility index (Phi) is 17.4. The second-order valence-corrected chi connectivity index (χ2v) is 7.42. The van der Waals surface area contributed by atoms with E-state index in [1.54, 1.807) is 6.92 Å². The van der Waals surface area contributed by atoms with Crippen molar-refractivity contribution in [2.45, 2.75) is 116 Å². The first kappa shape index (κ1) is 24.2. The van der Waals surface area contributed by atoms with E-state index in [4.69, 9.17) is 4.74 Å². The van der Waals surface area contributed by atoms with Crippen molar-refractivity contribution in [3.63, 3.8) is 0 Å². The third-order valence-corrected chi connectivity index (χ3v) is 4.65. The number of esters is 1. The van der Waals surface area contributed by atoms with Gasteiger partial charge < -0.3 is 9.84 Å². The Hall–Kier alpha value is -0.830. The van der Waals surface area contributed by atoms with Crippen LogP contribution in [0.1, 0.15) is 110 Å². The monoisotopic (exact) mass is 354 g/mol. The lowest BCUT2D eigenvalue weighted by Gasteiger charge is -2.11. The zero-order chi connectivity index (χ0) is 18.8. The summed E-state index contributed by atoms with van der Waals surface area (Å²) in [6, 6.07) is 0. The number of unbranched alkanes of at least 4 members (excludes halogenated alkanes) is 13. The largest absolute Gasteiger partial charge is 0.460 e. The Balaban J connectivity index is 3.20. The Bertz CT molecular complexity index is 325. The molecule has 0 aliphatic heterocycles. The van der Waals surface area contributed by atoms with Gasteiger partial charge in [-0.1, -0.05) is 103 Å². The van der Waals surface area contributed by atoms with E-state index in [1.165, 1.54) is 77.0 Å². The molecule has 0 spiro atoms. The van der Waals surface area contributed by atoms with Gasteiger partial charge in [0.15, 0.2) is 0 Å². The van der Waals surface area contributed by atoms with Gasteiger partial charge in [0.2, 0.25) is 0 Å². The molecule has 3 nitrogen and oxygen atoms in total. The fourth-order valence-electron chi connectivity index (χ4n) is 2.95. The van der Waals surface area contributed by atoms with Crippen LogP contribution in [0.4, 0.5) is 0 Å². The lowest BCUT2D eigenvalue weighted by atomic mass is 10.0. The molecule has 148 valence electrons. The minimum atomic E-state index is -0.541. The maximum Gasteiger partial charge on any atom is 0.333 e. The zero-order valence-electron chi connectivity index (χ0n) is 16.9. The van der Waals surface area contributed by atoms with Crippen LogP contribution < -0.4 is 0 Å². The molecule has 0 aromatic rings. The molecule has 0 aromatic carbocycles. The average Bonchev–Trinajstić information content (AvgIpc) is 2.59. The van der Waals surface area contributed by atoms with Crippen molar-refractivity contribution >= 4 is 5.97 Å². The number of ether oxygens (including phenoxy) is 1. The van der Waals surface area contributed by atoms with E-state index in [9.17, 15) is 9.90 Å². The van der Waals surface area contributed by atoms with E-state index in [-0.39, 0.29) is 6.61 Å². The van der Waals surface area contributed by atoms with Crippen molar-refractivity contribution in [1.29, 1.82) is 0 Å². The first-order valence-corrected chi connectivity index (χ1v) is 10.6. The molecule has 25 heavy (non-hydrogen) atoms. The zero-order valence-corrected chi connectivity index (χ0v) is 16.9. The molecular formula is C22H42O3. The first-order valence-electron chi connectivity index (χ1n) is 10.6. The predicted molar refractivity (Wildman–Crippen MR) is 107 cm³/mol. The van der Waals surface area contributed by atoms with Crippen LogP contribution in [0, 0.1) is 0 Å². The van der Waals surface area contributed by atoms with Crippen LogP contribution in [0.2, 0.25) is 0 Å². The van der Waals surface area contributed by atoms with Crippen molar-refractivity contribution in [3.05, 3.63) is 12.2 Å². The summed E-state index contributed by atoms with van der Waals surface area (Å²) >= 11 is 0. The quantitative estimate of drug-likeness (QED) is 0.177. The number of rotatable bonds is 18. The van der Waals surface area contributed by atoms with E-state index in [2.05, 4.69) is 13.5 Å². The summed E-state index contributed by atoms with van der Waals surface area (Å²) < 4.78 is 4.95. The summed E-state index contributed by atoms with van der Waals surface area (Å²) in [5.41, 5.74) is 0.378. The van der Waals surface area contributed by atoms with Crippen LogP contribution in [-0.4, -0.2) is 23.8 Å². The third kappa shape index (κ3) is 17.8. The molecule has 0 aliphatic carbocycles. The molecule has 1 atom stereocenters. The van der Waals surface area contributed by atoms with Gasteiger partial charge in [0, 0.05) is 5.57 Å². The van der Waals surface area contributed by atoms with Gasteiger partial charge in [-0.15, -0.1) is 0 Å². The molecule has 1 unspecified atom stereocenters. The van der Waals surface area contributed by atoms with E-state index in [0.29, 0.717) is 12.0 Å². The second kappa shape index (κ2) is 18.0. The summed E-state index contributed by atoms with van der Waals surface area (Å²) in [5.74, 6) is -0.417. The predicted octanol–water partition coefficient (Wildman–Crippen LogP) is 6.34. The van der Waals surface area contributed by atoms with Crippen LogP contribution in [0.25, 0.3) is 0 Å². The highest BCUT2D eigenvalue weighted by atomic mass is 16.5. The number of hydrogen-bond donors (Lipinski definition) is 1. The highest BCUT2D eigenvalue weighted by molar-refractivity contribution is 5.86. The normalized spacial score (nSPS) is 12.1. The lowest BCUT2D eigenvalue weighted by molar-refractivity contribution is -0.142. The molecule has 0 amide bonds. The number of aliphatic hydroxyl groups is 1. The SMILES string of the molecule is C=C(C)C(=O)OCC(O)CCCCCCCCCCCCCCCC. The van der Waals surface area contributed by atoms with E-state index >= 15 is 0 Å². The molecule has 0 aromatic heterocycles. The number of carbonyl (C=O) groups is 1. The molecule has 0 saturated heterocycles. The van der Waals surface area contributed by atoms with Gasteiger partial charge >= 0.3 is 5.97 Å². The Morgan fingerprint density at radius 1 is 0.840 bits per heavy atom. The van der Waals surface area contributed by atoms with Crippen molar-refractivity contribution in [1.82, 2.24) is 0 Å². The fraction of sp³-hybridized carbons (Fsp3) is 0.864. The summed E-state index contributed by atoms with van der Waals surface area (Å²) in [5, 5.41) is 9.76. The van der Waals surface area contributed by atoms with Gasteiger partial charge in [-0.05, 0) is 13.3 Å². The number of aliphatic hydroxyl groups excluding tert-OH is 1. The van der Waals surface area contributed by atoms with Crippen LogP contribution in [0.5, 0.6) is 0 Å². The fourth-order valence-corrected chi connectivity index (χ4v) is 2.95. The maximum atomic E-state index is 11.2. The average molecular weight is 355 g/mol. The summed E-state index contributed by atoms with van der Waals surface area (Å²) in [6.07, 6.45) is 18.8. The second-order valence-electron chi connectivity index (χ2n) is 7.42. The van der Waals surface area contributed by atoms with E-state index in [0.717, 1.165) is 12.8 Å². The molecule has 0 saturated carbocycles. The van der Waals surface area contributed by atoms with Crippen LogP contribution in [-0.2, 0) is 9.53 Å². The molecule has 0 aliphatic rings. The molecule has 3 heteroatoms. The first-order chi connectivity index (χ1) is 12.1. The van der Waals surface area contributed by atoms with Crippen molar-refractivity contribution in [3.8, 4) is 0 Å². The van der Waals surface area contributed by atoms with Gasteiger partial charge in [-0.25, -0.2) is 4.79 Å². The smallest absolute Gasteiger partial charge is 0.333 e. The minimum absolute atomic E-state index is 0.0874. The summed E-state index contributed by atoms with van der Waals surface area (Å²) in [6.45, 7) is 7.49. The van der Waals surface area contributed by atoms with E-state index < -0.39 is 12.1 Å². The Morgan fingerprint density at radius 2 is 1.24 bits per heavy atom. The number of carbonyl (C=O) groups excluding carboxylic acids is 1. The lowest BCUT2D eigenvalue weighted by Crippen LogP contribution is -2.18. The third-order valence-electron chi connectivity index (χ3n) is 4.65. The molecule has 1 N–H and O–H groups in total. The minimum Gasteiger partial charge on any atom is -0.460 e. The Labute approximate surface area is 156 Å². The standard InChI is InChI=1S/C22H42O3/c1-4-5-6-7-8-9-10-11-12-13-14-15-16-17-18-21(23)19-25-22(24)20(2)3/h21,23H,2,4-19H2,1,3H3. The molecule has 0 radical (unpaired) electrons. The highest BCUT2D eigenvalue weighted by Crippen LogP contribution is 2.13. The van der Waals surface area contributed by atoms with Gasteiger partial charge in [0.1, 0.15) is 6.61 Å². The van der Waals surface area contributed by atoms with Crippen molar-refractivity contribution in [2.75, 3.05) is 6.61 Å². The molecule has 0 heterocycles. The highest BCUT2D eigenvalue weighted by Gasteiger charge is 2.08. The van der Waals surface area contributed by atoms with Gasteiger partial charge in [0.05, 0.1) is 6.10 Å². The molecule has 0 bridgehead atoms. The van der Waals surface area contributed by atoms with Crippen molar-refractivity contribution < 1.29 is 14.6 Å². The topological polar surface area (TPSA) is 46.5 Å². The van der Waals surface area contributed by atoms with E-state index in [1.807, 2.05) is 0 Å². The van der Waals surface area contributed by atoms with Crippen molar-refractivity contribution in [2.24, 2.45) is 0 Å². The summed E-state index contributed by atoms with van der Waals surface area (Å²) in [7, 11) is 0. The van der Waals surface area contributed by atoms with Gasteiger partial charge in [-0.3, -0.25) is 0 Å². The molecule has 0 fully saturated rings. The maximum absolute atomic E-state index is 11.2. The van der Waals surface area contributed by atoms with Crippen LogP contribution in [0.3, 0.4) is 0 Å². The summed E-state index contributed by atoms with van der Waals surface area (Å²) in [4.78, 5) is 11.2. The molecular weight excluding hydrogens is 312 g/mol. The van der Waals surface area contributed by atoms with Crippen LogP contribution in [0.15, 0.2) is 12.2 Å². The molecule has 0 rings (SSSR count).